The Bertz CT molecular complexity index is 690. The van der Waals surface area contributed by atoms with E-state index in [1.165, 1.54) is 29.2 Å². The number of halogens is 2. The molecule has 1 heterocycles. The second-order valence-electron chi connectivity index (χ2n) is 3.60. The molecule has 1 aromatic heterocycles. The molecular weight excluding hydrogens is 348 g/mol. The summed E-state index contributed by atoms with van der Waals surface area (Å²) in [6.45, 7) is 0.262. The van der Waals surface area contributed by atoms with E-state index in [1.54, 1.807) is 12.1 Å². The maximum atomic E-state index is 13.1. The normalized spacial score (nSPS) is 10.1. The lowest BCUT2D eigenvalue weighted by Gasteiger charge is -2.06. The summed E-state index contributed by atoms with van der Waals surface area (Å²) in [5.74, 6) is -0.561. The Labute approximate surface area is 116 Å². The van der Waals surface area contributed by atoms with Gasteiger partial charge in [0.1, 0.15) is 11.9 Å². The van der Waals surface area contributed by atoms with Crippen molar-refractivity contribution in [1.29, 1.82) is 5.26 Å². The van der Waals surface area contributed by atoms with E-state index >= 15 is 0 Å². The van der Waals surface area contributed by atoms with Gasteiger partial charge < -0.3 is 0 Å². The highest BCUT2D eigenvalue weighted by molar-refractivity contribution is 14.1. The highest BCUT2D eigenvalue weighted by atomic mass is 127. The fraction of sp³-hybridized carbons (Fsp3) is 0.0833. The van der Waals surface area contributed by atoms with Gasteiger partial charge >= 0.3 is 0 Å². The zero-order chi connectivity index (χ0) is 13.1. The first-order valence-electron chi connectivity index (χ1n) is 5.00. The van der Waals surface area contributed by atoms with Gasteiger partial charge in [0.25, 0.3) is 5.56 Å². The van der Waals surface area contributed by atoms with E-state index < -0.39 is 5.82 Å². The lowest BCUT2D eigenvalue weighted by atomic mass is 10.1. The van der Waals surface area contributed by atoms with Gasteiger partial charge in [-0.05, 0) is 40.3 Å². The highest BCUT2D eigenvalue weighted by Crippen LogP contribution is 2.10. The molecule has 90 valence electrons. The maximum Gasteiger partial charge on any atom is 0.267 e. The third-order valence-corrected chi connectivity index (χ3v) is 3.10. The van der Waals surface area contributed by atoms with Gasteiger partial charge in [-0.25, -0.2) is 9.37 Å². The maximum absolute atomic E-state index is 13.1. The molecule has 0 aliphatic carbocycles. The van der Waals surface area contributed by atoms with Gasteiger partial charge in [-0.1, -0.05) is 6.07 Å². The fourth-order valence-corrected chi connectivity index (χ4v) is 1.96. The lowest BCUT2D eigenvalue weighted by molar-refractivity contribution is 0.621. The van der Waals surface area contributed by atoms with Crippen molar-refractivity contribution in [3.63, 3.8) is 0 Å². The van der Waals surface area contributed by atoms with Crippen LogP contribution in [0.1, 0.15) is 11.1 Å². The average molecular weight is 355 g/mol. The van der Waals surface area contributed by atoms with Gasteiger partial charge in [-0.15, -0.1) is 0 Å². The predicted octanol–water partition coefficient (Wildman–Crippen LogP) is 1.91. The van der Waals surface area contributed by atoms with Gasteiger partial charge in [0.15, 0.2) is 0 Å². The SMILES string of the molecule is N#Cc1cc(Cn2cncc(I)c2=O)ccc1F. The molecule has 0 radical (unpaired) electrons. The Balaban J connectivity index is 2.38. The van der Waals surface area contributed by atoms with Crippen molar-refractivity contribution in [1.82, 2.24) is 9.55 Å². The molecule has 1 aromatic carbocycles. The average Bonchev–Trinajstić information content (AvgIpc) is 2.37. The van der Waals surface area contributed by atoms with Crippen LogP contribution < -0.4 is 5.56 Å². The number of rotatable bonds is 2. The van der Waals surface area contributed by atoms with Crippen LogP contribution in [0.15, 0.2) is 35.5 Å². The quantitative estimate of drug-likeness (QED) is 0.774. The molecule has 4 nitrogen and oxygen atoms in total. The van der Waals surface area contributed by atoms with Crippen molar-refractivity contribution in [2.45, 2.75) is 6.54 Å². The van der Waals surface area contributed by atoms with Gasteiger partial charge in [-0.2, -0.15) is 5.26 Å². The zero-order valence-corrected chi connectivity index (χ0v) is 11.3. The van der Waals surface area contributed by atoms with Gasteiger partial charge in [0, 0.05) is 6.20 Å². The minimum absolute atomic E-state index is 0.0286. The van der Waals surface area contributed by atoms with Crippen molar-refractivity contribution >= 4 is 22.6 Å². The second kappa shape index (κ2) is 5.27. The third-order valence-electron chi connectivity index (χ3n) is 2.36. The summed E-state index contributed by atoms with van der Waals surface area (Å²) in [7, 11) is 0. The summed E-state index contributed by atoms with van der Waals surface area (Å²) in [5, 5.41) is 8.74. The number of nitrogens with zero attached hydrogens (tertiary/aromatic N) is 3. The minimum Gasteiger partial charge on any atom is -0.294 e. The fourth-order valence-electron chi connectivity index (χ4n) is 1.49. The summed E-state index contributed by atoms with van der Waals surface area (Å²) in [6.07, 6.45) is 2.89. The topological polar surface area (TPSA) is 58.7 Å². The lowest BCUT2D eigenvalue weighted by Crippen LogP contribution is -2.22. The molecule has 0 fully saturated rings. The van der Waals surface area contributed by atoms with Crippen molar-refractivity contribution in [2.24, 2.45) is 0 Å². The Hall–Kier alpha value is -1.75. The first-order chi connectivity index (χ1) is 8.61. The van der Waals surface area contributed by atoms with Crippen LogP contribution >= 0.6 is 22.6 Å². The van der Waals surface area contributed by atoms with Crippen LogP contribution in [0.25, 0.3) is 0 Å². The number of hydrogen-bond donors (Lipinski definition) is 0. The Morgan fingerprint density at radius 2 is 2.28 bits per heavy atom. The summed E-state index contributed by atoms with van der Waals surface area (Å²) in [5.41, 5.74) is 0.492. The molecule has 0 unspecified atom stereocenters. The molecule has 18 heavy (non-hydrogen) atoms. The van der Waals surface area contributed by atoms with Crippen molar-refractivity contribution in [3.8, 4) is 6.07 Å². The summed E-state index contributed by atoms with van der Waals surface area (Å²) >= 11 is 1.90. The van der Waals surface area contributed by atoms with Gasteiger partial charge in [-0.3, -0.25) is 9.36 Å². The van der Waals surface area contributed by atoms with E-state index in [2.05, 4.69) is 4.98 Å². The monoisotopic (exact) mass is 355 g/mol. The van der Waals surface area contributed by atoms with E-state index in [4.69, 9.17) is 5.26 Å². The van der Waals surface area contributed by atoms with Crippen LogP contribution in [0.2, 0.25) is 0 Å². The van der Waals surface area contributed by atoms with Crippen molar-refractivity contribution < 1.29 is 4.39 Å². The second-order valence-corrected chi connectivity index (χ2v) is 4.76. The summed E-state index contributed by atoms with van der Waals surface area (Å²) < 4.78 is 15.1. The van der Waals surface area contributed by atoms with Crippen LogP contribution in [-0.4, -0.2) is 9.55 Å². The molecule has 0 aliphatic rings. The van der Waals surface area contributed by atoms with Crippen LogP contribution in [-0.2, 0) is 6.54 Å². The number of nitriles is 1. The zero-order valence-electron chi connectivity index (χ0n) is 9.10. The van der Waals surface area contributed by atoms with Crippen LogP contribution in [0.3, 0.4) is 0 Å². The number of aromatic nitrogens is 2. The Morgan fingerprint density at radius 1 is 1.50 bits per heavy atom. The van der Waals surface area contributed by atoms with Crippen molar-refractivity contribution in [3.05, 3.63) is 61.6 Å². The Kier molecular flexibility index (Phi) is 3.72. The standard InChI is InChI=1S/C12H7FIN3O/c13-10-2-1-8(3-9(10)4-15)6-17-7-16-5-11(14)12(17)18/h1-3,5,7H,6H2. The smallest absolute Gasteiger partial charge is 0.267 e. The van der Waals surface area contributed by atoms with Gasteiger partial charge in [0.05, 0.1) is 22.0 Å². The highest BCUT2D eigenvalue weighted by Gasteiger charge is 2.05. The first-order valence-corrected chi connectivity index (χ1v) is 6.08. The van der Waals surface area contributed by atoms with Crippen molar-refractivity contribution in [2.75, 3.05) is 0 Å². The number of hydrogen-bond acceptors (Lipinski definition) is 3. The van der Waals surface area contributed by atoms with Crippen LogP contribution in [0.4, 0.5) is 4.39 Å². The van der Waals surface area contributed by atoms with E-state index in [0.717, 1.165) is 0 Å². The molecule has 2 rings (SSSR count). The molecule has 6 heteroatoms. The summed E-state index contributed by atoms with van der Waals surface area (Å²) in [6, 6.07) is 5.97. The van der Waals surface area contributed by atoms with E-state index in [9.17, 15) is 9.18 Å². The molecule has 0 amide bonds. The molecule has 0 N–H and O–H groups in total. The molecule has 0 atom stereocenters. The van der Waals surface area contributed by atoms with E-state index in [-0.39, 0.29) is 17.7 Å². The molecule has 0 bridgehead atoms. The largest absolute Gasteiger partial charge is 0.294 e. The van der Waals surface area contributed by atoms with Crippen LogP contribution in [0.5, 0.6) is 0 Å². The van der Waals surface area contributed by atoms with E-state index in [0.29, 0.717) is 9.13 Å². The Morgan fingerprint density at radius 3 is 3.00 bits per heavy atom. The molecule has 0 saturated carbocycles. The molecule has 0 spiro atoms. The molecule has 2 aromatic rings. The summed E-state index contributed by atoms with van der Waals surface area (Å²) in [4.78, 5) is 15.7. The predicted molar refractivity (Wildman–Crippen MR) is 71.4 cm³/mol. The molecular formula is C12H7FIN3O. The van der Waals surface area contributed by atoms with E-state index in [1.807, 2.05) is 22.6 Å². The number of benzene rings is 1. The van der Waals surface area contributed by atoms with Crippen LogP contribution in [0, 0.1) is 20.7 Å². The minimum atomic E-state index is -0.561. The third kappa shape index (κ3) is 2.56. The molecule has 0 saturated heterocycles. The molecule has 0 aliphatic heterocycles. The first kappa shape index (κ1) is 12.7. The van der Waals surface area contributed by atoms with Gasteiger partial charge in [0.2, 0.25) is 0 Å².